The summed E-state index contributed by atoms with van der Waals surface area (Å²) in [7, 11) is 0. The smallest absolute Gasteiger partial charge is 0.118 e. The third-order valence-corrected chi connectivity index (χ3v) is 6.04. The predicted octanol–water partition coefficient (Wildman–Crippen LogP) is 6.65. The van der Waals surface area contributed by atoms with Crippen LogP contribution >= 0.6 is 0 Å². The Balaban J connectivity index is 1.82. The number of ether oxygens (including phenoxy) is 1. The molecule has 1 aromatic rings. The van der Waals surface area contributed by atoms with Crippen molar-refractivity contribution in [3.05, 3.63) is 29.8 Å². The molecule has 0 amide bonds. The van der Waals surface area contributed by atoms with Gasteiger partial charge in [-0.25, -0.2) is 0 Å². The van der Waals surface area contributed by atoms with E-state index in [4.69, 9.17) is 4.74 Å². The first-order chi connectivity index (χ1) is 12.1. The maximum absolute atomic E-state index is 9.94. The summed E-state index contributed by atoms with van der Waals surface area (Å²) < 4.78 is 6.34. The number of rotatable bonds is 10. The van der Waals surface area contributed by atoms with Crippen LogP contribution in [0.3, 0.4) is 0 Å². The van der Waals surface area contributed by atoms with Crippen molar-refractivity contribution >= 4 is 0 Å². The van der Waals surface area contributed by atoms with Crippen molar-refractivity contribution in [3.63, 3.8) is 0 Å². The number of phenolic OH excluding ortho intramolecular Hbond substituents is 1. The topological polar surface area (TPSA) is 29.5 Å². The highest BCUT2D eigenvalue weighted by Crippen LogP contribution is 2.45. The van der Waals surface area contributed by atoms with Crippen LogP contribution in [0, 0.1) is 5.41 Å². The van der Waals surface area contributed by atoms with Crippen LogP contribution < -0.4 is 0 Å². The Morgan fingerprint density at radius 3 is 2.24 bits per heavy atom. The van der Waals surface area contributed by atoms with E-state index in [9.17, 15) is 5.11 Å². The molecule has 0 aliphatic heterocycles. The minimum absolute atomic E-state index is 0.164. The molecule has 1 fully saturated rings. The minimum atomic E-state index is 0.164. The normalized spacial score (nSPS) is 19.0. The van der Waals surface area contributed by atoms with Crippen molar-refractivity contribution in [1.29, 1.82) is 0 Å². The lowest BCUT2D eigenvalue weighted by Gasteiger charge is -2.41. The van der Waals surface area contributed by atoms with Gasteiger partial charge in [-0.15, -0.1) is 0 Å². The van der Waals surface area contributed by atoms with Gasteiger partial charge in [0, 0.05) is 6.42 Å². The third-order valence-electron chi connectivity index (χ3n) is 6.04. The maximum Gasteiger partial charge on any atom is 0.118 e. The van der Waals surface area contributed by atoms with Crippen LogP contribution in [-0.4, -0.2) is 17.3 Å². The molecule has 1 aromatic carbocycles. The Morgan fingerprint density at radius 2 is 1.68 bits per heavy atom. The van der Waals surface area contributed by atoms with Gasteiger partial charge in [-0.3, -0.25) is 0 Å². The molecule has 1 N–H and O–H groups in total. The highest BCUT2D eigenvalue weighted by Gasteiger charge is 2.34. The van der Waals surface area contributed by atoms with E-state index in [2.05, 4.69) is 20.8 Å². The highest BCUT2D eigenvalue weighted by molar-refractivity contribution is 5.32. The number of benzene rings is 1. The fourth-order valence-electron chi connectivity index (χ4n) is 4.44. The molecule has 1 unspecified atom stereocenters. The summed E-state index contributed by atoms with van der Waals surface area (Å²) in [6.07, 6.45) is 14.6. The van der Waals surface area contributed by atoms with Crippen LogP contribution in [0.25, 0.3) is 0 Å². The summed E-state index contributed by atoms with van der Waals surface area (Å²) in [6.45, 7) is 6.76. The molecule has 2 rings (SSSR count). The van der Waals surface area contributed by atoms with Crippen molar-refractivity contribution in [2.24, 2.45) is 5.41 Å². The number of para-hydroxylation sites is 1. The van der Waals surface area contributed by atoms with E-state index in [1.165, 1.54) is 64.2 Å². The SMILES string of the molecule is CCCCC1(CCCC)CCC(OC(C)Cc2ccccc2O)CC1. The van der Waals surface area contributed by atoms with Gasteiger partial charge in [0.15, 0.2) is 0 Å². The van der Waals surface area contributed by atoms with Gasteiger partial charge in [-0.2, -0.15) is 0 Å². The molecule has 0 spiro atoms. The van der Waals surface area contributed by atoms with Crippen molar-refractivity contribution in [2.75, 3.05) is 0 Å². The molecule has 0 radical (unpaired) electrons. The quantitative estimate of drug-likeness (QED) is 0.514. The van der Waals surface area contributed by atoms with Crippen molar-refractivity contribution in [3.8, 4) is 5.75 Å². The first kappa shape index (κ1) is 20.3. The van der Waals surface area contributed by atoms with Crippen LogP contribution in [0.5, 0.6) is 5.75 Å². The second-order valence-corrected chi connectivity index (χ2v) is 8.19. The number of phenols is 1. The van der Waals surface area contributed by atoms with E-state index in [1.54, 1.807) is 6.07 Å². The van der Waals surface area contributed by atoms with Crippen molar-refractivity contribution in [1.82, 2.24) is 0 Å². The molecule has 142 valence electrons. The molecule has 25 heavy (non-hydrogen) atoms. The number of hydrogen-bond acceptors (Lipinski definition) is 2. The number of aromatic hydroxyl groups is 1. The van der Waals surface area contributed by atoms with E-state index in [0.717, 1.165) is 12.0 Å². The summed E-state index contributed by atoms with van der Waals surface area (Å²) in [6, 6.07) is 7.62. The molecule has 0 bridgehead atoms. The van der Waals surface area contributed by atoms with Gasteiger partial charge < -0.3 is 9.84 Å². The van der Waals surface area contributed by atoms with E-state index in [0.29, 0.717) is 17.3 Å². The lowest BCUT2D eigenvalue weighted by molar-refractivity contribution is -0.0459. The third kappa shape index (κ3) is 6.33. The largest absolute Gasteiger partial charge is 0.508 e. The van der Waals surface area contributed by atoms with E-state index < -0.39 is 0 Å². The van der Waals surface area contributed by atoms with Gasteiger partial charge in [0.25, 0.3) is 0 Å². The second-order valence-electron chi connectivity index (χ2n) is 8.19. The molecule has 0 aromatic heterocycles. The number of hydrogen-bond donors (Lipinski definition) is 1. The first-order valence-electron chi connectivity index (χ1n) is 10.5. The summed E-state index contributed by atoms with van der Waals surface area (Å²) in [4.78, 5) is 0. The Hall–Kier alpha value is -1.02. The Kier molecular flexibility index (Phi) is 8.29. The average molecular weight is 347 g/mol. The van der Waals surface area contributed by atoms with Crippen molar-refractivity contribution < 1.29 is 9.84 Å². The van der Waals surface area contributed by atoms with Gasteiger partial charge >= 0.3 is 0 Å². The van der Waals surface area contributed by atoms with E-state index in [1.807, 2.05) is 18.2 Å². The predicted molar refractivity (Wildman–Crippen MR) is 106 cm³/mol. The lowest BCUT2D eigenvalue weighted by Crippen LogP contribution is -2.33. The number of unbranched alkanes of at least 4 members (excludes halogenated alkanes) is 2. The lowest BCUT2D eigenvalue weighted by atomic mass is 9.67. The van der Waals surface area contributed by atoms with Crippen LogP contribution in [0.4, 0.5) is 0 Å². The van der Waals surface area contributed by atoms with Gasteiger partial charge in [0.1, 0.15) is 5.75 Å². The molecule has 1 saturated carbocycles. The second kappa shape index (κ2) is 10.2. The van der Waals surface area contributed by atoms with Gasteiger partial charge in [0.05, 0.1) is 12.2 Å². The summed E-state index contributed by atoms with van der Waals surface area (Å²) in [5, 5.41) is 9.94. The Morgan fingerprint density at radius 1 is 1.08 bits per heavy atom. The highest BCUT2D eigenvalue weighted by atomic mass is 16.5. The maximum atomic E-state index is 9.94. The Labute approximate surface area is 155 Å². The van der Waals surface area contributed by atoms with Crippen LogP contribution in [0.2, 0.25) is 0 Å². The molecule has 0 heterocycles. The van der Waals surface area contributed by atoms with Crippen LogP contribution in [0.15, 0.2) is 24.3 Å². The molecule has 0 saturated heterocycles. The van der Waals surface area contributed by atoms with Gasteiger partial charge in [0.2, 0.25) is 0 Å². The summed E-state index contributed by atoms with van der Waals surface area (Å²) in [5.74, 6) is 0.389. The molecular formula is C23H38O2. The average Bonchev–Trinajstić information content (AvgIpc) is 2.62. The monoisotopic (exact) mass is 346 g/mol. The molecule has 1 aliphatic carbocycles. The summed E-state index contributed by atoms with van der Waals surface area (Å²) in [5.41, 5.74) is 1.58. The molecule has 1 atom stereocenters. The van der Waals surface area contributed by atoms with Gasteiger partial charge in [-0.05, 0) is 62.5 Å². The fourth-order valence-corrected chi connectivity index (χ4v) is 4.44. The zero-order valence-electron chi connectivity index (χ0n) is 16.6. The zero-order chi connectivity index (χ0) is 18.1. The Bertz CT molecular complexity index is 479. The first-order valence-corrected chi connectivity index (χ1v) is 10.5. The van der Waals surface area contributed by atoms with Crippen molar-refractivity contribution in [2.45, 2.75) is 104 Å². The molecule has 2 heteroatoms. The molecule has 2 nitrogen and oxygen atoms in total. The zero-order valence-corrected chi connectivity index (χ0v) is 16.6. The fraction of sp³-hybridized carbons (Fsp3) is 0.739. The van der Waals surface area contributed by atoms with E-state index >= 15 is 0 Å². The van der Waals surface area contributed by atoms with Crippen LogP contribution in [0.1, 0.15) is 90.5 Å². The summed E-state index contributed by atoms with van der Waals surface area (Å²) >= 11 is 0. The van der Waals surface area contributed by atoms with Crippen LogP contribution in [-0.2, 0) is 11.2 Å². The molecule has 1 aliphatic rings. The molecular weight excluding hydrogens is 308 g/mol. The minimum Gasteiger partial charge on any atom is -0.508 e. The van der Waals surface area contributed by atoms with Gasteiger partial charge in [-0.1, -0.05) is 57.7 Å². The van der Waals surface area contributed by atoms with E-state index in [-0.39, 0.29) is 6.10 Å². The standard InChI is InChI=1S/C23H38O2/c1-4-6-14-23(15-7-5-2)16-12-21(13-17-23)25-19(3)18-20-10-8-9-11-22(20)24/h8-11,19,21,24H,4-7,12-18H2,1-3H3.